The van der Waals surface area contributed by atoms with E-state index in [1.165, 1.54) is 0 Å². The predicted octanol–water partition coefficient (Wildman–Crippen LogP) is 4.18. The van der Waals surface area contributed by atoms with Gasteiger partial charge >= 0.3 is 5.97 Å². The molecule has 128 valence electrons. The number of carbonyl (C=O) groups excluding carboxylic acids is 1. The van der Waals surface area contributed by atoms with E-state index in [-0.39, 0.29) is 11.6 Å². The summed E-state index contributed by atoms with van der Waals surface area (Å²) in [7, 11) is 0. The number of carbonyl (C=O) groups is 1. The molecule has 6 heteroatoms. The molecule has 0 radical (unpaired) electrons. The zero-order valence-corrected chi connectivity index (χ0v) is 14.6. The first-order valence-electron chi connectivity index (χ1n) is 8.02. The van der Waals surface area contributed by atoms with Gasteiger partial charge in [-0.05, 0) is 37.3 Å². The summed E-state index contributed by atoms with van der Waals surface area (Å²) in [6.07, 6.45) is 1.61. The van der Waals surface area contributed by atoms with Crippen LogP contribution in [0, 0.1) is 6.92 Å². The average Bonchev–Trinajstić information content (AvgIpc) is 3.18. The number of nitrogens with zero attached hydrogens (tertiary/aromatic N) is 3. The number of halogens is 1. The largest absolute Gasteiger partial charge is 0.402 e. The molecule has 0 unspecified atom stereocenters. The van der Waals surface area contributed by atoms with Gasteiger partial charge in [0.2, 0.25) is 5.90 Å². The van der Waals surface area contributed by atoms with Crippen molar-refractivity contribution in [1.29, 1.82) is 0 Å². The van der Waals surface area contributed by atoms with Gasteiger partial charge in [-0.25, -0.2) is 14.5 Å². The van der Waals surface area contributed by atoms with Crippen LogP contribution in [0.3, 0.4) is 0 Å². The first-order valence-corrected chi connectivity index (χ1v) is 8.40. The van der Waals surface area contributed by atoms with Crippen LogP contribution in [0.1, 0.15) is 16.8 Å². The van der Waals surface area contributed by atoms with Gasteiger partial charge < -0.3 is 4.74 Å². The first kappa shape index (κ1) is 16.3. The van der Waals surface area contributed by atoms with Crippen molar-refractivity contribution in [3.05, 3.63) is 88.3 Å². The van der Waals surface area contributed by atoms with Crippen molar-refractivity contribution in [3.63, 3.8) is 0 Å². The van der Waals surface area contributed by atoms with Gasteiger partial charge in [0.1, 0.15) is 5.15 Å². The van der Waals surface area contributed by atoms with E-state index in [0.29, 0.717) is 16.4 Å². The van der Waals surface area contributed by atoms with Gasteiger partial charge in [0.15, 0.2) is 5.70 Å². The monoisotopic (exact) mass is 363 g/mol. The highest BCUT2D eigenvalue weighted by atomic mass is 35.5. The maximum absolute atomic E-state index is 12.2. The lowest BCUT2D eigenvalue weighted by Gasteiger charge is -2.01. The number of ether oxygens (including phenoxy) is 1. The van der Waals surface area contributed by atoms with Crippen molar-refractivity contribution in [3.8, 4) is 5.69 Å². The molecule has 1 aliphatic rings. The Morgan fingerprint density at radius 1 is 1.04 bits per heavy atom. The minimum Gasteiger partial charge on any atom is -0.402 e. The lowest BCUT2D eigenvalue weighted by Crippen LogP contribution is -2.04. The maximum Gasteiger partial charge on any atom is 0.363 e. The third-order valence-corrected chi connectivity index (χ3v) is 4.33. The van der Waals surface area contributed by atoms with Crippen LogP contribution in [-0.2, 0) is 9.53 Å². The van der Waals surface area contributed by atoms with Crippen LogP contribution in [0.25, 0.3) is 11.8 Å². The summed E-state index contributed by atoms with van der Waals surface area (Å²) in [6, 6.07) is 18.8. The smallest absolute Gasteiger partial charge is 0.363 e. The number of hydrogen-bond donors (Lipinski definition) is 0. The van der Waals surface area contributed by atoms with Crippen LogP contribution in [0.5, 0.6) is 0 Å². The SMILES string of the molecule is Cc1nn(-c2ccccc2)c(Cl)c1/C=C1/N=C(c2ccccc2)OC1=O. The zero-order valence-electron chi connectivity index (χ0n) is 13.9. The van der Waals surface area contributed by atoms with Gasteiger partial charge in [-0.15, -0.1) is 0 Å². The Balaban J connectivity index is 1.74. The zero-order chi connectivity index (χ0) is 18.1. The summed E-state index contributed by atoms with van der Waals surface area (Å²) in [6.45, 7) is 1.83. The Bertz CT molecular complexity index is 1040. The summed E-state index contributed by atoms with van der Waals surface area (Å²) in [5, 5.41) is 4.88. The Morgan fingerprint density at radius 3 is 2.38 bits per heavy atom. The van der Waals surface area contributed by atoms with E-state index >= 15 is 0 Å². The third-order valence-electron chi connectivity index (χ3n) is 3.97. The van der Waals surface area contributed by atoms with E-state index in [2.05, 4.69) is 10.1 Å². The van der Waals surface area contributed by atoms with Gasteiger partial charge in [-0.2, -0.15) is 5.10 Å². The molecule has 0 saturated carbocycles. The molecular formula is C20H14ClN3O2. The minimum absolute atomic E-state index is 0.196. The molecule has 0 spiro atoms. The fourth-order valence-corrected chi connectivity index (χ4v) is 2.99. The maximum atomic E-state index is 12.2. The predicted molar refractivity (Wildman–Crippen MR) is 100 cm³/mol. The lowest BCUT2D eigenvalue weighted by atomic mass is 10.2. The van der Waals surface area contributed by atoms with Crippen LogP contribution in [0.2, 0.25) is 5.15 Å². The van der Waals surface area contributed by atoms with Crippen molar-refractivity contribution in [2.24, 2.45) is 4.99 Å². The van der Waals surface area contributed by atoms with E-state index in [1.807, 2.05) is 67.6 Å². The number of para-hydroxylation sites is 1. The fraction of sp³-hybridized carbons (Fsp3) is 0.0500. The normalized spacial score (nSPS) is 15.2. The van der Waals surface area contributed by atoms with Crippen molar-refractivity contribution in [1.82, 2.24) is 9.78 Å². The van der Waals surface area contributed by atoms with Gasteiger partial charge in [0, 0.05) is 11.1 Å². The van der Waals surface area contributed by atoms with Gasteiger partial charge in [-0.3, -0.25) is 0 Å². The molecule has 4 rings (SSSR count). The number of aromatic nitrogens is 2. The molecule has 3 aromatic rings. The van der Waals surface area contributed by atoms with E-state index in [1.54, 1.807) is 10.8 Å². The van der Waals surface area contributed by atoms with E-state index in [0.717, 1.165) is 11.3 Å². The molecular weight excluding hydrogens is 350 g/mol. The van der Waals surface area contributed by atoms with Crippen LogP contribution >= 0.6 is 11.6 Å². The van der Waals surface area contributed by atoms with E-state index < -0.39 is 5.97 Å². The number of benzene rings is 2. The molecule has 0 atom stereocenters. The van der Waals surface area contributed by atoms with E-state index in [9.17, 15) is 4.79 Å². The van der Waals surface area contributed by atoms with Crippen molar-refractivity contribution in [2.45, 2.75) is 6.92 Å². The molecule has 0 fully saturated rings. The Kier molecular flexibility index (Phi) is 4.14. The number of rotatable bonds is 3. The molecule has 0 aliphatic carbocycles. The molecule has 0 bridgehead atoms. The fourth-order valence-electron chi connectivity index (χ4n) is 2.67. The molecule has 0 saturated heterocycles. The van der Waals surface area contributed by atoms with Crippen molar-refractivity contribution in [2.75, 3.05) is 0 Å². The quantitative estimate of drug-likeness (QED) is 0.518. The Labute approximate surface area is 155 Å². The summed E-state index contributed by atoms with van der Waals surface area (Å²) >= 11 is 6.50. The second-order valence-electron chi connectivity index (χ2n) is 5.74. The molecule has 26 heavy (non-hydrogen) atoms. The second-order valence-corrected chi connectivity index (χ2v) is 6.10. The number of cyclic esters (lactones) is 1. The molecule has 1 aliphatic heterocycles. The Hall–Kier alpha value is -3.18. The van der Waals surface area contributed by atoms with Gasteiger partial charge in [0.05, 0.1) is 11.4 Å². The van der Waals surface area contributed by atoms with Crippen LogP contribution in [0.15, 0.2) is 71.4 Å². The number of aliphatic imine (C=N–C) groups is 1. The number of esters is 1. The van der Waals surface area contributed by atoms with Crippen molar-refractivity contribution >= 4 is 29.5 Å². The van der Waals surface area contributed by atoms with Crippen LogP contribution in [0.4, 0.5) is 0 Å². The van der Waals surface area contributed by atoms with Gasteiger partial charge in [-0.1, -0.05) is 48.0 Å². The van der Waals surface area contributed by atoms with Crippen LogP contribution in [-0.4, -0.2) is 21.6 Å². The molecule has 0 N–H and O–H groups in total. The van der Waals surface area contributed by atoms with Gasteiger partial charge in [0.25, 0.3) is 0 Å². The standard InChI is InChI=1S/C20H14ClN3O2/c1-13-16(18(21)24(23-13)15-10-6-3-7-11-15)12-17-20(25)26-19(22-17)14-8-4-2-5-9-14/h2-12H,1H3/b17-12+. The summed E-state index contributed by atoms with van der Waals surface area (Å²) in [5.41, 5.74) is 3.12. The highest BCUT2D eigenvalue weighted by molar-refractivity contribution is 6.31. The number of aryl methyl sites for hydroxylation is 1. The topological polar surface area (TPSA) is 56.5 Å². The summed E-state index contributed by atoms with van der Waals surface area (Å²) < 4.78 is 6.91. The highest BCUT2D eigenvalue weighted by Crippen LogP contribution is 2.27. The molecule has 0 amide bonds. The molecule has 2 heterocycles. The second kappa shape index (κ2) is 6.61. The van der Waals surface area contributed by atoms with Crippen molar-refractivity contribution < 1.29 is 9.53 Å². The summed E-state index contributed by atoms with van der Waals surface area (Å²) in [4.78, 5) is 16.5. The molecule has 2 aromatic carbocycles. The highest BCUT2D eigenvalue weighted by Gasteiger charge is 2.25. The molecule has 1 aromatic heterocycles. The summed E-state index contributed by atoms with van der Waals surface area (Å²) in [5.74, 6) is -0.224. The average molecular weight is 364 g/mol. The first-order chi connectivity index (χ1) is 12.6. The van der Waals surface area contributed by atoms with Crippen LogP contribution < -0.4 is 0 Å². The minimum atomic E-state index is -0.508. The number of hydrogen-bond acceptors (Lipinski definition) is 4. The third kappa shape index (κ3) is 2.93. The Morgan fingerprint density at radius 2 is 1.69 bits per heavy atom. The molecule has 5 nitrogen and oxygen atoms in total. The van der Waals surface area contributed by atoms with E-state index in [4.69, 9.17) is 16.3 Å². The lowest BCUT2D eigenvalue weighted by molar-refractivity contribution is -0.129.